The summed E-state index contributed by atoms with van der Waals surface area (Å²) < 4.78 is 5.71. The topological polar surface area (TPSA) is 50.4 Å². The molecule has 1 saturated carbocycles. The van der Waals surface area contributed by atoms with Gasteiger partial charge in [-0.25, -0.2) is 0 Å². The van der Waals surface area contributed by atoms with Crippen LogP contribution in [0.25, 0.3) is 0 Å². The van der Waals surface area contributed by atoms with Crippen LogP contribution in [0.3, 0.4) is 0 Å². The molecular formula is C17H24N2O2. The first kappa shape index (κ1) is 14.4. The number of hydrogen-bond donors (Lipinski definition) is 2. The molecule has 0 saturated heterocycles. The van der Waals surface area contributed by atoms with Gasteiger partial charge in [0, 0.05) is 12.1 Å². The van der Waals surface area contributed by atoms with Crippen LogP contribution in [0, 0.1) is 5.92 Å². The SMILES string of the molecule is CNC1CCC(NC(=O)C2COc3ccccc3C2)CC1. The lowest BCUT2D eigenvalue weighted by atomic mass is 9.90. The molecule has 1 aliphatic carbocycles. The number of nitrogens with one attached hydrogen (secondary N) is 2. The minimum absolute atomic E-state index is 0.0538. The van der Waals surface area contributed by atoms with Crippen molar-refractivity contribution in [2.24, 2.45) is 5.92 Å². The maximum Gasteiger partial charge on any atom is 0.227 e. The molecule has 3 rings (SSSR count). The quantitative estimate of drug-likeness (QED) is 0.893. The van der Waals surface area contributed by atoms with Gasteiger partial charge in [0.15, 0.2) is 0 Å². The van der Waals surface area contributed by atoms with Crippen molar-refractivity contribution >= 4 is 5.91 Å². The maximum absolute atomic E-state index is 12.4. The first-order valence-electron chi connectivity index (χ1n) is 7.94. The van der Waals surface area contributed by atoms with Crippen LogP contribution in [-0.4, -0.2) is 31.6 Å². The molecule has 1 aromatic rings. The number of rotatable bonds is 3. The summed E-state index contributed by atoms with van der Waals surface area (Å²) in [5.74, 6) is 1.02. The minimum atomic E-state index is -0.0538. The Morgan fingerprint density at radius 2 is 1.86 bits per heavy atom. The van der Waals surface area contributed by atoms with Crippen LogP contribution in [0.5, 0.6) is 5.75 Å². The molecule has 4 heteroatoms. The van der Waals surface area contributed by atoms with E-state index in [-0.39, 0.29) is 11.8 Å². The van der Waals surface area contributed by atoms with Gasteiger partial charge in [0.2, 0.25) is 5.91 Å². The van der Waals surface area contributed by atoms with E-state index in [9.17, 15) is 4.79 Å². The highest BCUT2D eigenvalue weighted by molar-refractivity contribution is 5.79. The van der Waals surface area contributed by atoms with Crippen LogP contribution in [0.15, 0.2) is 24.3 Å². The van der Waals surface area contributed by atoms with E-state index < -0.39 is 0 Å². The average Bonchev–Trinajstić information content (AvgIpc) is 2.55. The second-order valence-electron chi connectivity index (χ2n) is 6.17. The van der Waals surface area contributed by atoms with Crippen LogP contribution in [0.1, 0.15) is 31.2 Å². The number of amides is 1. The summed E-state index contributed by atoms with van der Waals surface area (Å²) in [5, 5.41) is 6.54. The van der Waals surface area contributed by atoms with E-state index >= 15 is 0 Å². The van der Waals surface area contributed by atoms with Gasteiger partial charge in [0.1, 0.15) is 12.4 Å². The molecule has 1 fully saturated rings. The third-order valence-electron chi connectivity index (χ3n) is 4.73. The van der Waals surface area contributed by atoms with Gasteiger partial charge >= 0.3 is 0 Å². The summed E-state index contributed by atoms with van der Waals surface area (Å²) in [6, 6.07) is 8.94. The molecule has 0 spiro atoms. The number of hydrogen-bond acceptors (Lipinski definition) is 3. The third-order valence-corrected chi connectivity index (χ3v) is 4.73. The van der Waals surface area contributed by atoms with Crippen LogP contribution < -0.4 is 15.4 Å². The highest BCUT2D eigenvalue weighted by atomic mass is 16.5. The van der Waals surface area contributed by atoms with Gasteiger partial charge in [-0.15, -0.1) is 0 Å². The Morgan fingerprint density at radius 3 is 2.62 bits per heavy atom. The van der Waals surface area contributed by atoms with Crippen molar-refractivity contribution in [3.05, 3.63) is 29.8 Å². The van der Waals surface area contributed by atoms with Crippen LogP contribution in [0.4, 0.5) is 0 Å². The number of benzene rings is 1. The van der Waals surface area contributed by atoms with Gasteiger partial charge < -0.3 is 15.4 Å². The first-order chi connectivity index (χ1) is 10.3. The molecule has 0 aromatic heterocycles. The highest BCUT2D eigenvalue weighted by Crippen LogP contribution is 2.27. The van der Waals surface area contributed by atoms with Crippen molar-refractivity contribution in [3.63, 3.8) is 0 Å². The van der Waals surface area contributed by atoms with Gasteiger partial charge in [-0.3, -0.25) is 4.79 Å². The molecule has 2 N–H and O–H groups in total. The Morgan fingerprint density at radius 1 is 1.14 bits per heavy atom. The van der Waals surface area contributed by atoms with E-state index in [0.717, 1.165) is 43.4 Å². The average molecular weight is 288 g/mol. The molecule has 1 unspecified atom stereocenters. The van der Waals surface area contributed by atoms with Crippen LogP contribution in [0.2, 0.25) is 0 Å². The molecular weight excluding hydrogens is 264 g/mol. The molecule has 1 aromatic carbocycles. The van der Waals surface area contributed by atoms with Gasteiger partial charge in [-0.05, 0) is 50.8 Å². The van der Waals surface area contributed by atoms with Gasteiger partial charge in [-0.2, -0.15) is 0 Å². The Hall–Kier alpha value is -1.55. The van der Waals surface area contributed by atoms with Crippen molar-refractivity contribution in [2.45, 2.75) is 44.2 Å². The van der Waals surface area contributed by atoms with Crippen molar-refractivity contribution in [1.82, 2.24) is 10.6 Å². The molecule has 0 radical (unpaired) electrons. The normalized spacial score (nSPS) is 28.3. The summed E-state index contributed by atoms with van der Waals surface area (Å²) in [5.41, 5.74) is 1.14. The van der Waals surface area contributed by atoms with E-state index in [1.165, 1.54) is 0 Å². The summed E-state index contributed by atoms with van der Waals surface area (Å²) in [7, 11) is 2.01. The molecule has 21 heavy (non-hydrogen) atoms. The third kappa shape index (κ3) is 3.38. The fourth-order valence-corrected chi connectivity index (χ4v) is 3.34. The van der Waals surface area contributed by atoms with E-state index in [4.69, 9.17) is 4.74 Å². The van der Waals surface area contributed by atoms with Crippen molar-refractivity contribution in [3.8, 4) is 5.75 Å². The van der Waals surface area contributed by atoms with Crippen LogP contribution >= 0.6 is 0 Å². The minimum Gasteiger partial charge on any atom is -0.492 e. The predicted molar refractivity (Wildman–Crippen MR) is 82.4 cm³/mol. The Kier molecular flexibility index (Phi) is 4.44. The number of ether oxygens (including phenoxy) is 1. The zero-order valence-electron chi connectivity index (χ0n) is 12.6. The second kappa shape index (κ2) is 6.48. The maximum atomic E-state index is 12.4. The number of para-hydroxylation sites is 1. The Bertz CT molecular complexity index is 495. The number of carbonyl (C=O) groups is 1. The second-order valence-corrected chi connectivity index (χ2v) is 6.17. The molecule has 2 aliphatic rings. The fourth-order valence-electron chi connectivity index (χ4n) is 3.34. The molecule has 114 valence electrons. The first-order valence-corrected chi connectivity index (χ1v) is 7.94. The van der Waals surface area contributed by atoms with E-state index in [2.05, 4.69) is 10.6 Å². The zero-order chi connectivity index (χ0) is 14.7. The molecule has 1 amide bonds. The molecule has 1 atom stereocenters. The van der Waals surface area contributed by atoms with Gasteiger partial charge in [0.25, 0.3) is 0 Å². The molecule has 1 aliphatic heterocycles. The summed E-state index contributed by atoms with van der Waals surface area (Å²) >= 11 is 0. The zero-order valence-corrected chi connectivity index (χ0v) is 12.6. The highest BCUT2D eigenvalue weighted by Gasteiger charge is 2.28. The monoisotopic (exact) mass is 288 g/mol. The number of carbonyl (C=O) groups excluding carboxylic acids is 1. The Labute approximate surface area is 126 Å². The van der Waals surface area contributed by atoms with Gasteiger partial charge in [-0.1, -0.05) is 18.2 Å². The predicted octanol–water partition coefficient (Wildman–Crippen LogP) is 1.88. The summed E-state index contributed by atoms with van der Waals surface area (Å²) in [6.45, 7) is 0.495. The summed E-state index contributed by atoms with van der Waals surface area (Å²) in [4.78, 5) is 12.4. The van der Waals surface area contributed by atoms with Crippen molar-refractivity contribution in [2.75, 3.05) is 13.7 Å². The lowest BCUT2D eigenvalue weighted by Crippen LogP contribution is -2.45. The molecule has 0 bridgehead atoms. The largest absolute Gasteiger partial charge is 0.492 e. The number of fused-ring (bicyclic) bond motifs is 1. The lowest BCUT2D eigenvalue weighted by molar-refractivity contribution is -0.127. The van der Waals surface area contributed by atoms with E-state index in [0.29, 0.717) is 18.7 Å². The van der Waals surface area contributed by atoms with E-state index in [1.807, 2.05) is 31.3 Å². The smallest absolute Gasteiger partial charge is 0.227 e. The fraction of sp³-hybridized carbons (Fsp3) is 0.588. The van der Waals surface area contributed by atoms with Crippen LogP contribution in [-0.2, 0) is 11.2 Å². The Balaban J connectivity index is 1.53. The van der Waals surface area contributed by atoms with Crippen molar-refractivity contribution in [1.29, 1.82) is 0 Å². The lowest BCUT2D eigenvalue weighted by Gasteiger charge is -2.31. The van der Waals surface area contributed by atoms with E-state index in [1.54, 1.807) is 0 Å². The van der Waals surface area contributed by atoms with Gasteiger partial charge in [0.05, 0.1) is 5.92 Å². The molecule has 4 nitrogen and oxygen atoms in total. The summed E-state index contributed by atoms with van der Waals surface area (Å²) in [6.07, 6.45) is 5.22. The molecule has 1 heterocycles. The van der Waals surface area contributed by atoms with Crippen molar-refractivity contribution < 1.29 is 9.53 Å². The standard InChI is InChI=1S/C17H24N2O2/c1-18-14-6-8-15(9-7-14)19-17(20)13-10-12-4-2-3-5-16(12)21-11-13/h2-5,13-15,18H,6-11H2,1H3,(H,19,20).